The molecule has 0 amide bonds. The van der Waals surface area contributed by atoms with E-state index in [4.69, 9.17) is 25.6 Å². The minimum atomic E-state index is -0.0466. The standard InChI is InChI=1S/C14H12ClN3O3/c15-10-4-3-9(8-19)6-11(10)16-7-13-17-14(18-21-13)12-2-1-5-20-12/h1-6,16,19H,7-8H2. The van der Waals surface area contributed by atoms with Gasteiger partial charge in [0, 0.05) is 0 Å². The van der Waals surface area contributed by atoms with Crippen molar-refractivity contribution in [2.75, 3.05) is 5.32 Å². The van der Waals surface area contributed by atoms with Crippen molar-refractivity contribution in [3.05, 3.63) is 53.1 Å². The summed E-state index contributed by atoms with van der Waals surface area (Å²) in [5.41, 5.74) is 1.46. The molecule has 0 aliphatic rings. The van der Waals surface area contributed by atoms with Crippen molar-refractivity contribution in [2.24, 2.45) is 0 Å². The van der Waals surface area contributed by atoms with Crippen LogP contribution in [0.5, 0.6) is 0 Å². The first-order valence-electron chi connectivity index (χ1n) is 6.26. The van der Waals surface area contributed by atoms with Gasteiger partial charge in [-0.05, 0) is 29.8 Å². The summed E-state index contributed by atoms with van der Waals surface area (Å²) in [6, 6.07) is 8.76. The van der Waals surface area contributed by atoms with Crippen LogP contribution in [0.4, 0.5) is 5.69 Å². The molecule has 2 aromatic heterocycles. The van der Waals surface area contributed by atoms with Crippen molar-refractivity contribution in [3.63, 3.8) is 0 Å². The molecule has 0 spiro atoms. The lowest BCUT2D eigenvalue weighted by Crippen LogP contribution is -2.01. The van der Waals surface area contributed by atoms with Crippen molar-refractivity contribution in [1.82, 2.24) is 10.1 Å². The monoisotopic (exact) mass is 305 g/mol. The molecule has 2 N–H and O–H groups in total. The van der Waals surface area contributed by atoms with Crippen LogP contribution in [-0.4, -0.2) is 15.2 Å². The van der Waals surface area contributed by atoms with Gasteiger partial charge in [0.05, 0.1) is 30.1 Å². The Hall–Kier alpha value is -2.31. The summed E-state index contributed by atoms with van der Waals surface area (Å²) in [7, 11) is 0. The Bertz CT molecular complexity index is 725. The first-order valence-corrected chi connectivity index (χ1v) is 6.63. The number of anilines is 1. The van der Waals surface area contributed by atoms with Crippen molar-refractivity contribution in [2.45, 2.75) is 13.2 Å². The second kappa shape index (κ2) is 5.99. The van der Waals surface area contributed by atoms with Gasteiger partial charge in [-0.1, -0.05) is 22.8 Å². The number of nitrogens with one attached hydrogen (secondary N) is 1. The van der Waals surface area contributed by atoms with E-state index in [0.717, 1.165) is 5.56 Å². The molecule has 2 heterocycles. The van der Waals surface area contributed by atoms with Crippen molar-refractivity contribution < 1.29 is 14.0 Å². The number of hydrogen-bond donors (Lipinski definition) is 2. The van der Waals surface area contributed by atoms with Crippen LogP contribution < -0.4 is 5.32 Å². The molecule has 0 aliphatic carbocycles. The van der Waals surface area contributed by atoms with Gasteiger partial charge in [-0.15, -0.1) is 0 Å². The van der Waals surface area contributed by atoms with Crippen LogP contribution in [0, 0.1) is 0 Å². The number of furan rings is 1. The van der Waals surface area contributed by atoms with Crippen molar-refractivity contribution in [3.8, 4) is 11.6 Å². The second-order valence-corrected chi connectivity index (χ2v) is 4.72. The molecule has 1 aromatic carbocycles. The molecule has 0 unspecified atom stereocenters. The fraction of sp³-hybridized carbons (Fsp3) is 0.143. The van der Waals surface area contributed by atoms with E-state index in [1.807, 2.05) is 0 Å². The predicted octanol–water partition coefficient (Wildman–Crippen LogP) is 3.09. The maximum Gasteiger partial charge on any atom is 0.246 e. The van der Waals surface area contributed by atoms with E-state index in [-0.39, 0.29) is 6.61 Å². The molecule has 0 atom stereocenters. The van der Waals surface area contributed by atoms with E-state index < -0.39 is 0 Å². The summed E-state index contributed by atoms with van der Waals surface area (Å²) < 4.78 is 10.3. The lowest BCUT2D eigenvalue weighted by atomic mass is 10.2. The molecule has 6 nitrogen and oxygen atoms in total. The molecule has 3 aromatic rings. The number of nitrogens with zero attached hydrogens (tertiary/aromatic N) is 2. The molecule has 7 heteroatoms. The van der Waals surface area contributed by atoms with E-state index in [0.29, 0.717) is 34.7 Å². The molecular weight excluding hydrogens is 294 g/mol. The van der Waals surface area contributed by atoms with Crippen LogP contribution in [-0.2, 0) is 13.2 Å². The zero-order valence-corrected chi connectivity index (χ0v) is 11.7. The summed E-state index contributed by atoms with van der Waals surface area (Å²) in [4.78, 5) is 4.21. The molecule has 0 radical (unpaired) electrons. The number of rotatable bonds is 5. The largest absolute Gasteiger partial charge is 0.461 e. The maximum atomic E-state index is 9.13. The molecule has 0 aliphatic heterocycles. The highest BCUT2D eigenvalue weighted by atomic mass is 35.5. The second-order valence-electron chi connectivity index (χ2n) is 4.31. The highest BCUT2D eigenvalue weighted by Gasteiger charge is 2.11. The van der Waals surface area contributed by atoms with Crippen LogP contribution in [0.25, 0.3) is 11.6 Å². The molecule has 21 heavy (non-hydrogen) atoms. The Morgan fingerprint density at radius 3 is 2.95 bits per heavy atom. The number of aliphatic hydroxyl groups excluding tert-OH is 1. The average Bonchev–Trinajstić information content (AvgIpc) is 3.17. The third kappa shape index (κ3) is 3.07. The van der Waals surface area contributed by atoms with E-state index >= 15 is 0 Å². The third-order valence-electron chi connectivity index (χ3n) is 2.85. The first-order chi connectivity index (χ1) is 10.3. The van der Waals surface area contributed by atoms with Gasteiger partial charge in [-0.3, -0.25) is 0 Å². The van der Waals surface area contributed by atoms with Gasteiger partial charge in [-0.2, -0.15) is 4.98 Å². The van der Waals surface area contributed by atoms with Crippen LogP contribution in [0.1, 0.15) is 11.5 Å². The highest BCUT2D eigenvalue weighted by Crippen LogP contribution is 2.24. The number of aliphatic hydroxyl groups is 1. The average molecular weight is 306 g/mol. The van der Waals surface area contributed by atoms with Crippen LogP contribution >= 0.6 is 11.6 Å². The van der Waals surface area contributed by atoms with E-state index in [2.05, 4.69) is 15.5 Å². The van der Waals surface area contributed by atoms with E-state index in [1.54, 1.807) is 36.6 Å². The summed E-state index contributed by atoms with van der Waals surface area (Å²) >= 11 is 6.08. The van der Waals surface area contributed by atoms with Gasteiger partial charge in [0.15, 0.2) is 5.76 Å². The van der Waals surface area contributed by atoms with Crippen LogP contribution in [0.15, 0.2) is 45.5 Å². The lowest BCUT2D eigenvalue weighted by Gasteiger charge is -2.07. The normalized spacial score (nSPS) is 10.8. The molecular formula is C14H12ClN3O3. The number of benzene rings is 1. The summed E-state index contributed by atoms with van der Waals surface area (Å²) in [5, 5.41) is 16.6. The molecule has 3 rings (SSSR count). The van der Waals surface area contributed by atoms with Gasteiger partial charge in [0.1, 0.15) is 0 Å². The van der Waals surface area contributed by atoms with Crippen molar-refractivity contribution >= 4 is 17.3 Å². The Morgan fingerprint density at radius 1 is 1.29 bits per heavy atom. The van der Waals surface area contributed by atoms with Gasteiger partial charge in [0.25, 0.3) is 0 Å². The highest BCUT2D eigenvalue weighted by molar-refractivity contribution is 6.33. The lowest BCUT2D eigenvalue weighted by molar-refractivity contribution is 0.282. The SMILES string of the molecule is OCc1ccc(Cl)c(NCc2nc(-c3ccco3)no2)c1. The predicted molar refractivity (Wildman–Crippen MR) is 76.7 cm³/mol. The zero-order chi connectivity index (χ0) is 14.7. The van der Waals surface area contributed by atoms with Crippen LogP contribution in [0.3, 0.4) is 0 Å². The van der Waals surface area contributed by atoms with Gasteiger partial charge in [-0.25, -0.2) is 0 Å². The number of hydrogen-bond acceptors (Lipinski definition) is 6. The Balaban J connectivity index is 1.71. The van der Waals surface area contributed by atoms with Crippen LogP contribution in [0.2, 0.25) is 5.02 Å². The Morgan fingerprint density at radius 2 is 2.19 bits per heavy atom. The van der Waals surface area contributed by atoms with Crippen molar-refractivity contribution in [1.29, 1.82) is 0 Å². The van der Waals surface area contributed by atoms with E-state index in [1.165, 1.54) is 0 Å². The Labute approximate surface area is 125 Å². The van der Waals surface area contributed by atoms with E-state index in [9.17, 15) is 0 Å². The molecule has 0 saturated heterocycles. The summed E-state index contributed by atoms with van der Waals surface area (Å²) in [6.07, 6.45) is 1.55. The number of aromatic nitrogens is 2. The topological polar surface area (TPSA) is 84.3 Å². The van der Waals surface area contributed by atoms with Gasteiger partial charge < -0.3 is 19.4 Å². The third-order valence-corrected chi connectivity index (χ3v) is 3.18. The fourth-order valence-electron chi connectivity index (χ4n) is 1.81. The van der Waals surface area contributed by atoms with Gasteiger partial charge in [0.2, 0.25) is 11.7 Å². The molecule has 0 saturated carbocycles. The summed E-state index contributed by atoms with van der Waals surface area (Å²) in [5.74, 6) is 1.35. The van der Waals surface area contributed by atoms with Gasteiger partial charge >= 0.3 is 0 Å². The number of halogens is 1. The minimum Gasteiger partial charge on any atom is -0.461 e. The smallest absolute Gasteiger partial charge is 0.246 e. The molecule has 108 valence electrons. The minimum absolute atomic E-state index is 0.0466. The molecule has 0 fully saturated rings. The quantitative estimate of drug-likeness (QED) is 0.753. The fourth-order valence-corrected chi connectivity index (χ4v) is 1.99. The summed E-state index contributed by atoms with van der Waals surface area (Å²) in [6.45, 7) is 0.275. The zero-order valence-electron chi connectivity index (χ0n) is 10.9. The Kier molecular flexibility index (Phi) is 3.89. The molecule has 0 bridgehead atoms. The maximum absolute atomic E-state index is 9.13. The first kappa shape index (κ1) is 13.7.